The highest BCUT2D eigenvalue weighted by atomic mass is 32.2. The molecule has 0 aliphatic carbocycles. The third-order valence-electron chi connectivity index (χ3n) is 2.40. The lowest BCUT2D eigenvalue weighted by atomic mass is 10.1. The van der Waals surface area contributed by atoms with Gasteiger partial charge in [-0.1, -0.05) is 0 Å². The van der Waals surface area contributed by atoms with Crippen molar-refractivity contribution in [2.45, 2.75) is 0 Å². The smallest absolute Gasteiger partial charge is 0.292 e. The van der Waals surface area contributed by atoms with Crippen molar-refractivity contribution in [3.63, 3.8) is 0 Å². The van der Waals surface area contributed by atoms with Gasteiger partial charge in [-0.25, -0.2) is 13.6 Å². The molecule has 0 bridgehead atoms. The van der Waals surface area contributed by atoms with E-state index < -0.39 is 20.9 Å². The Balaban J connectivity index is 2.81. The van der Waals surface area contributed by atoms with E-state index >= 15 is 0 Å². The predicted octanol–water partition coefficient (Wildman–Crippen LogP) is -0.345. The van der Waals surface area contributed by atoms with E-state index in [2.05, 4.69) is 10.6 Å². The SMILES string of the molecule is CNc1cc(C(=O)NCCS(N)(=O)=O)ccc1[N+](=O)[O-]. The zero-order valence-electron chi connectivity index (χ0n) is 10.6. The number of sulfonamides is 1. The highest BCUT2D eigenvalue weighted by Crippen LogP contribution is 2.24. The first-order chi connectivity index (χ1) is 9.24. The Kier molecular flexibility index (Phi) is 5.00. The Hall–Kier alpha value is -2.20. The number of nitrogens with one attached hydrogen (secondary N) is 2. The molecule has 20 heavy (non-hydrogen) atoms. The molecule has 0 fully saturated rings. The normalized spacial score (nSPS) is 10.9. The van der Waals surface area contributed by atoms with Crippen LogP contribution in [0.5, 0.6) is 0 Å². The first-order valence-electron chi connectivity index (χ1n) is 5.49. The van der Waals surface area contributed by atoms with Gasteiger partial charge in [0.2, 0.25) is 10.0 Å². The molecular formula is C10H14N4O5S. The average Bonchev–Trinajstić information content (AvgIpc) is 2.36. The number of hydrogen-bond donors (Lipinski definition) is 3. The van der Waals surface area contributed by atoms with Gasteiger partial charge in [0.25, 0.3) is 11.6 Å². The summed E-state index contributed by atoms with van der Waals surface area (Å²) in [4.78, 5) is 21.9. The fraction of sp³-hybridized carbons (Fsp3) is 0.300. The summed E-state index contributed by atoms with van der Waals surface area (Å²) in [6.07, 6.45) is 0. The maximum atomic E-state index is 11.7. The van der Waals surface area contributed by atoms with Gasteiger partial charge in [0.15, 0.2) is 0 Å². The first kappa shape index (κ1) is 15.9. The van der Waals surface area contributed by atoms with Gasteiger partial charge in [-0.05, 0) is 12.1 Å². The lowest BCUT2D eigenvalue weighted by molar-refractivity contribution is -0.383. The molecule has 1 aromatic rings. The first-order valence-corrected chi connectivity index (χ1v) is 7.21. The van der Waals surface area contributed by atoms with Gasteiger partial charge >= 0.3 is 0 Å². The minimum Gasteiger partial charge on any atom is -0.383 e. The highest BCUT2D eigenvalue weighted by molar-refractivity contribution is 7.89. The minimum atomic E-state index is -3.65. The minimum absolute atomic E-state index is 0.135. The predicted molar refractivity (Wildman–Crippen MR) is 73.0 cm³/mol. The van der Waals surface area contributed by atoms with Crippen LogP contribution in [0.3, 0.4) is 0 Å². The molecule has 1 rings (SSSR count). The largest absolute Gasteiger partial charge is 0.383 e. The standard InChI is InChI=1S/C10H14N4O5S/c1-12-8-6-7(2-3-9(8)14(16)17)10(15)13-4-5-20(11,18)19/h2-3,6,12H,4-5H2,1H3,(H,13,15)(H2,11,18,19). The molecule has 0 aromatic heterocycles. The van der Waals surface area contributed by atoms with E-state index in [1.54, 1.807) is 0 Å². The molecule has 110 valence electrons. The van der Waals surface area contributed by atoms with E-state index in [-0.39, 0.29) is 29.2 Å². The van der Waals surface area contributed by atoms with Gasteiger partial charge in [0, 0.05) is 25.2 Å². The van der Waals surface area contributed by atoms with E-state index in [1.807, 2.05) is 0 Å². The molecule has 4 N–H and O–H groups in total. The summed E-state index contributed by atoms with van der Waals surface area (Å²) in [5.41, 5.74) is 0.206. The summed E-state index contributed by atoms with van der Waals surface area (Å²) in [5.74, 6) is -0.926. The van der Waals surface area contributed by atoms with Crippen molar-refractivity contribution >= 4 is 27.3 Å². The molecule has 0 aliphatic heterocycles. The second kappa shape index (κ2) is 6.30. The molecule has 0 unspecified atom stereocenters. The molecular weight excluding hydrogens is 288 g/mol. The summed E-state index contributed by atoms with van der Waals surface area (Å²) in [5, 5.41) is 20.5. The van der Waals surface area contributed by atoms with Crippen LogP contribution in [0.15, 0.2) is 18.2 Å². The number of nitro benzene ring substituents is 1. The molecule has 0 heterocycles. The number of nitrogens with two attached hydrogens (primary N) is 1. The fourth-order valence-corrected chi connectivity index (χ4v) is 1.83. The van der Waals surface area contributed by atoms with Crippen LogP contribution < -0.4 is 15.8 Å². The molecule has 0 atom stereocenters. The zero-order chi connectivity index (χ0) is 15.3. The van der Waals surface area contributed by atoms with E-state index in [0.29, 0.717) is 0 Å². The van der Waals surface area contributed by atoms with E-state index in [4.69, 9.17) is 5.14 Å². The summed E-state index contributed by atoms with van der Waals surface area (Å²) >= 11 is 0. The van der Waals surface area contributed by atoms with Crippen LogP contribution in [0.25, 0.3) is 0 Å². The van der Waals surface area contributed by atoms with Crippen LogP contribution in [0.2, 0.25) is 0 Å². The second-order valence-corrected chi connectivity index (χ2v) is 5.60. The summed E-state index contributed by atoms with van der Waals surface area (Å²) < 4.78 is 21.4. The van der Waals surface area contributed by atoms with E-state index in [0.717, 1.165) is 0 Å². The third-order valence-corrected chi connectivity index (χ3v) is 3.17. The Morgan fingerprint density at radius 2 is 2.10 bits per heavy atom. The number of nitrogens with zero attached hydrogens (tertiary/aromatic N) is 1. The molecule has 0 spiro atoms. The summed E-state index contributed by atoms with van der Waals surface area (Å²) in [6, 6.07) is 3.79. The van der Waals surface area contributed by atoms with Crippen molar-refractivity contribution in [3.05, 3.63) is 33.9 Å². The van der Waals surface area contributed by atoms with Gasteiger partial charge < -0.3 is 10.6 Å². The molecule has 1 amide bonds. The van der Waals surface area contributed by atoms with Gasteiger partial charge in [-0.3, -0.25) is 14.9 Å². The van der Waals surface area contributed by atoms with Crippen molar-refractivity contribution in [3.8, 4) is 0 Å². The second-order valence-electron chi connectivity index (χ2n) is 3.86. The maximum absolute atomic E-state index is 11.7. The summed E-state index contributed by atoms with van der Waals surface area (Å²) in [7, 11) is -2.16. The van der Waals surface area contributed by atoms with Gasteiger partial charge in [-0.15, -0.1) is 0 Å². The third kappa shape index (κ3) is 4.48. The number of nitro groups is 1. The van der Waals surface area contributed by atoms with Crippen molar-refractivity contribution in [1.82, 2.24) is 5.32 Å². The molecule has 0 radical (unpaired) electrons. The number of benzene rings is 1. The van der Waals surface area contributed by atoms with Crippen molar-refractivity contribution in [2.24, 2.45) is 5.14 Å². The topological polar surface area (TPSA) is 144 Å². The number of hydrogen-bond acceptors (Lipinski definition) is 6. The average molecular weight is 302 g/mol. The summed E-state index contributed by atoms with van der Waals surface area (Å²) in [6.45, 7) is -0.135. The van der Waals surface area contributed by atoms with Gasteiger partial charge in [-0.2, -0.15) is 0 Å². The number of carbonyl (C=O) groups is 1. The zero-order valence-corrected chi connectivity index (χ0v) is 11.4. The van der Waals surface area contributed by atoms with Gasteiger partial charge in [0.1, 0.15) is 5.69 Å². The maximum Gasteiger partial charge on any atom is 0.292 e. The number of primary sulfonamides is 1. The van der Waals surface area contributed by atoms with E-state index in [1.165, 1.54) is 25.2 Å². The van der Waals surface area contributed by atoms with Crippen LogP contribution >= 0.6 is 0 Å². The highest BCUT2D eigenvalue weighted by Gasteiger charge is 2.16. The molecule has 1 aromatic carbocycles. The van der Waals surface area contributed by atoms with Crippen LogP contribution in [-0.4, -0.2) is 38.6 Å². The molecule has 10 heteroatoms. The van der Waals surface area contributed by atoms with Crippen molar-refractivity contribution in [2.75, 3.05) is 24.7 Å². The molecule has 0 saturated carbocycles. The van der Waals surface area contributed by atoms with Crippen LogP contribution in [-0.2, 0) is 10.0 Å². The Morgan fingerprint density at radius 3 is 2.60 bits per heavy atom. The molecule has 0 saturated heterocycles. The quantitative estimate of drug-likeness (QED) is 0.484. The number of amides is 1. The molecule has 9 nitrogen and oxygen atoms in total. The Labute approximate surface area is 115 Å². The number of anilines is 1. The van der Waals surface area contributed by atoms with Crippen LogP contribution in [0.4, 0.5) is 11.4 Å². The Morgan fingerprint density at radius 1 is 1.45 bits per heavy atom. The van der Waals surface area contributed by atoms with Crippen LogP contribution in [0.1, 0.15) is 10.4 Å². The monoisotopic (exact) mass is 302 g/mol. The Bertz CT molecular complexity index is 629. The van der Waals surface area contributed by atoms with E-state index in [9.17, 15) is 23.3 Å². The lowest BCUT2D eigenvalue weighted by Gasteiger charge is -2.07. The lowest BCUT2D eigenvalue weighted by Crippen LogP contribution is -2.31. The van der Waals surface area contributed by atoms with Crippen molar-refractivity contribution < 1.29 is 18.1 Å². The van der Waals surface area contributed by atoms with Crippen molar-refractivity contribution in [1.29, 1.82) is 0 Å². The molecule has 0 aliphatic rings. The number of carbonyl (C=O) groups excluding carboxylic acids is 1. The fourth-order valence-electron chi connectivity index (χ4n) is 1.45. The van der Waals surface area contributed by atoms with Gasteiger partial charge in [0.05, 0.1) is 10.7 Å². The van der Waals surface area contributed by atoms with Crippen LogP contribution in [0, 0.1) is 10.1 Å². The number of rotatable bonds is 6.